The molecular weight excluding hydrogens is 334 g/mol. The lowest BCUT2D eigenvalue weighted by atomic mass is 9.49. The van der Waals surface area contributed by atoms with Gasteiger partial charge in [-0.2, -0.15) is 5.10 Å². The maximum atomic E-state index is 10.9. The number of hydrazone groups is 1. The maximum Gasteiger partial charge on any atom is 0.332 e. The summed E-state index contributed by atoms with van der Waals surface area (Å²) in [6, 6.07) is -0.595. The highest BCUT2D eigenvalue weighted by molar-refractivity contribution is 5.98. The topological polar surface area (TPSA) is 67.5 Å². The predicted octanol–water partition coefficient (Wildman–Crippen LogP) is 5.31. The highest BCUT2D eigenvalue weighted by Crippen LogP contribution is 2.63. The first kappa shape index (κ1) is 18.8. The SMILES string of the molecule is C/C(=N\NC(N)=O)C1=CC[C@@]2(C)[C@@H](CC[C@@H]3C4=C(CC[C@@H]32)C(C)(C)CC4)C1. The minimum atomic E-state index is -0.595. The van der Waals surface area contributed by atoms with Gasteiger partial charge in [-0.15, -0.1) is 0 Å². The van der Waals surface area contributed by atoms with E-state index in [1.54, 1.807) is 0 Å². The van der Waals surface area contributed by atoms with Gasteiger partial charge in [-0.1, -0.05) is 38.0 Å². The van der Waals surface area contributed by atoms with Crippen LogP contribution >= 0.6 is 0 Å². The molecule has 1 saturated carbocycles. The highest BCUT2D eigenvalue weighted by atomic mass is 16.2. The van der Waals surface area contributed by atoms with E-state index in [2.05, 4.69) is 37.4 Å². The smallest absolute Gasteiger partial charge is 0.332 e. The normalized spacial score (nSPS) is 37.9. The number of primary amides is 1. The number of nitrogens with two attached hydrogens (primary N) is 1. The molecule has 0 aromatic rings. The number of nitrogens with one attached hydrogen (secondary N) is 1. The van der Waals surface area contributed by atoms with Crippen LogP contribution in [0, 0.1) is 28.6 Å². The van der Waals surface area contributed by atoms with Crippen molar-refractivity contribution < 1.29 is 4.79 Å². The molecule has 0 saturated heterocycles. The number of carbonyl (C=O) groups is 1. The van der Waals surface area contributed by atoms with E-state index in [4.69, 9.17) is 5.73 Å². The van der Waals surface area contributed by atoms with Gasteiger partial charge in [0.25, 0.3) is 0 Å². The van der Waals surface area contributed by atoms with E-state index in [0.717, 1.165) is 36.3 Å². The molecule has 1 fully saturated rings. The van der Waals surface area contributed by atoms with Crippen molar-refractivity contribution in [3.63, 3.8) is 0 Å². The van der Waals surface area contributed by atoms with E-state index in [1.165, 1.54) is 44.1 Å². The van der Waals surface area contributed by atoms with Gasteiger partial charge in [0.1, 0.15) is 0 Å². The average Bonchev–Trinajstić information content (AvgIpc) is 2.94. The van der Waals surface area contributed by atoms with Crippen LogP contribution in [-0.4, -0.2) is 11.7 Å². The number of hydrogen-bond donors (Lipinski definition) is 2. The Labute approximate surface area is 163 Å². The molecule has 0 heterocycles. The lowest BCUT2D eigenvalue weighted by Gasteiger charge is -2.55. The molecule has 4 heteroatoms. The van der Waals surface area contributed by atoms with E-state index in [9.17, 15) is 4.79 Å². The second-order valence-corrected chi connectivity index (χ2v) is 10.2. The summed E-state index contributed by atoms with van der Waals surface area (Å²) in [6.45, 7) is 9.46. The van der Waals surface area contributed by atoms with Gasteiger partial charge in [0.05, 0.1) is 5.71 Å². The monoisotopic (exact) mass is 369 g/mol. The van der Waals surface area contributed by atoms with Crippen LogP contribution in [0.25, 0.3) is 0 Å². The molecule has 4 nitrogen and oxygen atoms in total. The van der Waals surface area contributed by atoms with E-state index in [1.807, 2.05) is 18.1 Å². The first-order valence-corrected chi connectivity index (χ1v) is 10.7. The number of allylic oxidation sites excluding steroid dienone is 4. The summed E-state index contributed by atoms with van der Waals surface area (Å²) < 4.78 is 0. The molecule has 0 bridgehead atoms. The zero-order valence-corrected chi connectivity index (χ0v) is 17.4. The Morgan fingerprint density at radius 3 is 2.74 bits per heavy atom. The van der Waals surface area contributed by atoms with Gasteiger partial charge in [0.2, 0.25) is 0 Å². The fourth-order valence-electron chi connectivity index (χ4n) is 6.86. The van der Waals surface area contributed by atoms with Gasteiger partial charge >= 0.3 is 6.03 Å². The Balaban J connectivity index is 1.57. The van der Waals surface area contributed by atoms with Crippen molar-refractivity contribution in [2.24, 2.45) is 39.4 Å². The van der Waals surface area contributed by atoms with Crippen LogP contribution in [0.5, 0.6) is 0 Å². The van der Waals surface area contributed by atoms with Crippen molar-refractivity contribution in [1.29, 1.82) is 0 Å². The van der Waals surface area contributed by atoms with Crippen molar-refractivity contribution in [3.05, 3.63) is 22.8 Å². The summed E-state index contributed by atoms with van der Waals surface area (Å²) in [4.78, 5) is 10.9. The van der Waals surface area contributed by atoms with Crippen molar-refractivity contribution in [1.82, 2.24) is 5.43 Å². The first-order chi connectivity index (χ1) is 12.7. The molecule has 3 N–H and O–H groups in total. The van der Waals surface area contributed by atoms with E-state index in [0.29, 0.717) is 10.8 Å². The van der Waals surface area contributed by atoms with Crippen LogP contribution in [0.4, 0.5) is 4.79 Å². The minimum Gasteiger partial charge on any atom is -0.350 e. The maximum absolute atomic E-state index is 10.9. The largest absolute Gasteiger partial charge is 0.350 e. The molecule has 0 unspecified atom stereocenters. The molecule has 0 radical (unpaired) electrons. The van der Waals surface area contributed by atoms with Gasteiger partial charge in [0, 0.05) is 0 Å². The fourth-order valence-corrected chi connectivity index (χ4v) is 6.86. The zero-order chi connectivity index (χ0) is 19.4. The van der Waals surface area contributed by atoms with Gasteiger partial charge in [-0.05, 0) is 92.4 Å². The summed E-state index contributed by atoms with van der Waals surface area (Å²) in [5.41, 5.74) is 14.3. The molecule has 0 aromatic heterocycles. The molecular formula is C23H35N3O. The van der Waals surface area contributed by atoms with Crippen molar-refractivity contribution in [2.45, 2.75) is 79.1 Å². The Morgan fingerprint density at radius 2 is 2.00 bits per heavy atom. The summed E-state index contributed by atoms with van der Waals surface area (Å²) in [5.74, 6) is 2.40. The quantitative estimate of drug-likeness (QED) is 0.386. The van der Waals surface area contributed by atoms with Crippen LogP contribution in [0.15, 0.2) is 27.9 Å². The molecule has 0 aromatic carbocycles. The molecule has 4 aliphatic rings. The fraction of sp³-hybridized carbons (Fsp3) is 0.739. The van der Waals surface area contributed by atoms with Gasteiger partial charge in [-0.25, -0.2) is 10.2 Å². The van der Waals surface area contributed by atoms with Gasteiger partial charge < -0.3 is 5.73 Å². The molecule has 4 aliphatic carbocycles. The number of hydrogen-bond acceptors (Lipinski definition) is 2. The summed E-state index contributed by atoms with van der Waals surface area (Å²) in [5, 5.41) is 4.17. The van der Waals surface area contributed by atoms with E-state index >= 15 is 0 Å². The van der Waals surface area contributed by atoms with Crippen molar-refractivity contribution in [2.75, 3.05) is 0 Å². The summed E-state index contributed by atoms with van der Waals surface area (Å²) in [6.07, 6.45) is 12.7. The molecule has 148 valence electrons. The zero-order valence-electron chi connectivity index (χ0n) is 17.4. The van der Waals surface area contributed by atoms with E-state index in [-0.39, 0.29) is 0 Å². The third-order valence-electron chi connectivity index (χ3n) is 8.52. The number of nitrogens with zero attached hydrogens (tertiary/aromatic N) is 1. The number of fused-ring (bicyclic) bond motifs is 4. The molecule has 27 heavy (non-hydrogen) atoms. The lowest BCUT2D eigenvalue weighted by molar-refractivity contribution is -0.00481. The second kappa shape index (κ2) is 6.49. The lowest BCUT2D eigenvalue weighted by Crippen LogP contribution is -2.47. The van der Waals surface area contributed by atoms with Crippen LogP contribution < -0.4 is 11.2 Å². The van der Waals surface area contributed by atoms with E-state index < -0.39 is 6.03 Å². The van der Waals surface area contributed by atoms with Crippen LogP contribution in [0.2, 0.25) is 0 Å². The number of carbonyl (C=O) groups excluding carboxylic acids is 1. The Kier molecular flexibility index (Phi) is 4.51. The number of amides is 2. The molecule has 4 rings (SSSR count). The Hall–Kier alpha value is -1.58. The second-order valence-electron chi connectivity index (χ2n) is 10.2. The Bertz CT molecular complexity index is 745. The standard InChI is InChI=1S/C23H35N3O/c1-14(25-26-21(24)27)15-9-12-23(4)16(13-15)5-6-17-18-10-11-22(2,3)19(18)7-8-20(17)23/h9,16-17,20H,5-8,10-13H2,1-4H3,(H3,24,26,27)/b25-14+/t16-,17+,20-,23-/m0/s1. The summed E-state index contributed by atoms with van der Waals surface area (Å²) in [7, 11) is 0. The Morgan fingerprint density at radius 1 is 1.22 bits per heavy atom. The van der Waals surface area contributed by atoms with Gasteiger partial charge in [-0.3, -0.25) is 0 Å². The number of rotatable bonds is 2. The first-order valence-electron chi connectivity index (χ1n) is 10.7. The van der Waals surface area contributed by atoms with Crippen LogP contribution in [-0.2, 0) is 0 Å². The average molecular weight is 370 g/mol. The van der Waals surface area contributed by atoms with Gasteiger partial charge in [0.15, 0.2) is 0 Å². The molecule has 2 amide bonds. The number of urea groups is 1. The minimum absolute atomic E-state index is 0.412. The molecule has 0 spiro atoms. The third-order valence-corrected chi connectivity index (χ3v) is 8.52. The van der Waals surface area contributed by atoms with Crippen molar-refractivity contribution in [3.8, 4) is 0 Å². The third kappa shape index (κ3) is 3.05. The predicted molar refractivity (Wildman–Crippen MR) is 110 cm³/mol. The summed E-state index contributed by atoms with van der Waals surface area (Å²) >= 11 is 0. The van der Waals surface area contributed by atoms with Crippen molar-refractivity contribution >= 4 is 11.7 Å². The molecule has 0 aliphatic heterocycles. The van der Waals surface area contributed by atoms with Crippen LogP contribution in [0.3, 0.4) is 0 Å². The molecule has 4 atom stereocenters. The highest BCUT2D eigenvalue weighted by Gasteiger charge is 2.53. The van der Waals surface area contributed by atoms with Crippen LogP contribution in [0.1, 0.15) is 79.1 Å².